The zero-order valence-electron chi connectivity index (χ0n) is 2.19. The van der Waals surface area contributed by atoms with Crippen LogP contribution in [0.15, 0.2) is 0 Å². The first-order chi connectivity index (χ1) is 0. The van der Waals surface area contributed by atoms with E-state index in [-0.39, 0.29) is 101 Å². The average molecular weight is 437 g/mol. The van der Waals surface area contributed by atoms with Gasteiger partial charge in [0.1, 0.15) is 0 Å². The van der Waals surface area contributed by atoms with Crippen molar-refractivity contribution in [1.29, 1.82) is 0 Å². The van der Waals surface area contributed by atoms with Gasteiger partial charge in [-0.1, -0.05) is 0 Å². The van der Waals surface area contributed by atoms with Crippen LogP contribution in [-0.4, -0.2) is 61.9 Å². The van der Waals surface area contributed by atoms with E-state index in [2.05, 4.69) is 0 Å². The second-order valence-electron chi connectivity index (χ2n) is 0. The summed E-state index contributed by atoms with van der Waals surface area (Å²) < 4.78 is 0. The van der Waals surface area contributed by atoms with E-state index in [0.717, 1.165) is 0 Å². The van der Waals surface area contributed by atoms with Crippen molar-refractivity contribution < 1.29 is 56.0 Å². The quantitative estimate of drug-likeness (QED) is 0.354. The van der Waals surface area contributed by atoms with Gasteiger partial charge >= 0.3 is 45.5 Å². The molecule has 0 heterocycles. The van der Waals surface area contributed by atoms with E-state index in [0.29, 0.717) is 0 Å². The molecule has 45 valence electrons. The molecule has 0 saturated heterocycles. The minimum atomic E-state index is 0. The Labute approximate surface area is 99.6 Å². The van der Waals surface area contributed by atoms with Crippen LogP contribution in [-0.2, 0) is 39.6 Å². The van der Waals surface area contributed by atoms with Crippen LogP contribution < -0.4 is 0 Å². The van der Waals surface area contributed by atoms with Gasteiger partial charge in [0.25, 0.3) is 0 Å². The second kappa shape index (κ2) is 48.4. The van der Waals surface area contributed by atoms with Crippen LogP contribution in [0.1, 0.15) is 0 Å². The standard InChI is InChI=1S/Ir.3H2O.Ru.Sr.2H/h;3*1H2;;;;. The minimum absolute atomic E-state index is 0. The van der Waals surface area contributed by atoms with Crippen molar-refractivity contribution in [1.82, 2.24) is 0 Å². The van der Waals surface area contributed by atoms with Crippen molar-refractivity contribution in [3.63, 3.8) is 0 Å². The van der Waals surface area contributed by atoms with Crippen LogP contribution in [0.25, 0.3) is 0 Å². The Morgan fingerprint density at radius 3 is 0.667 bits per heavy atom. The molecule has 1 radical (unpaired) electrons. The number of rotatable bonds is 0. The summed E-state index contributed by atoms with van der Waals surface area (Å²) >= 11 is 0. The van der Waals surface area contributed by atoms with Crippen LogP contribution in [0.5, 0.6) is 0 Å². The van der Waals surface area contributed by atoms with Crippen molar-refractivity contribution in [3.05, 3.63) is 0 Å². The molecule has 0 saturated carbocycles. The Morgan fingerprint density at radius 2 is 0.667 bits per heavy atom. The van der Waals surface area contributed by atoms with Crippen LogP contribution in [0.4, 0.5) is 0 Å². The van der Waals surface area contributed by atoms with E-state index < -0.39 is 0 Å². The van der Waals surface area contributed by atoms with Gasteiger partial charge in [0, 0.05) is 39.6 Å². The molecule has 0 spiro atoms. The summed E-state index contributed by atoms with van der Waals surface area (Å²) in [4.78, 5) is 0. The van der Waals surface area contributed by atoms with Crippen molar-refractivity contribution in [2.24, 2.45) is 0 Å². The Morgan fingerprint density at radius 1 is 0.667 bits per heavy atom. The predicted octanol–water partition coefficient (Wildman–Crippen LogP) is -3.40. The molecule has 0 unspecified atom stereocenters. The predicted molar refractivity (Wildman–Crippen MR) is 19.4 cm³/mol. The second-order valence-corrected chi connectivity index (χ2v) is 0. The fourth-order valence-corrected chi connectivity index (χ4v) is 0. The third-order valence-corrected chi connectivity index (χ3v) is 0. The summed E-state index contributed by atoms with van der Waals surface area (Å²) in [5, 5.41) is 0. The third-order valence-electron chi connectivity index (χ3n) is 0. The molecule has 6 heavy (non-hydrogen) atoms. The molecule has 0 aliphatic rings. The molecule has 0 aromatic rings. The van der Waals surface area contributed by atoms with Gasteiger partial charge in [0.15, 0.2) is 0 Å². The SMILES string of the molecule is O.O.O.[Ir].[Ru].[SrH2]. The van der Waals surface area contributed by atoms with E-state index in [4.69, 9.17) is 0 Å². The molecule has 0 amide bonds. The monoisotopic (exact) mass is 439 g/mol. The van der Waals surface area contributed by atoms with E-state index in [1.54, 1.807) is 0 Å². The molecule has 0 aromatic heterocycles. The number of hydrogen-bond acceptors (Lipinski definition) is 0. The van der Waals surface area contributed by atoms with Crippen LogP contribution in [0.2, 0.25) is 0 Å². The summed E-state index contributed by atoms with van der Waals surface area (Å²) in [6.45, 7) is 0. The van der Waals surface area contributed by atoms with Crippen LogP contribution in [0.3, 0.4) is 0 Å². The Bertz CT molecular complexity index is 10.8. The van der Waals surface area contributed by atoms with Crippen LogP contribution >= 0.6 is 0 Å². The molecular weight excluding hydrogens is 429 g/mol. The van der Waals surface area contributed by atoms with E-state index in [9.17, 15) is 0 Å². The van der Waals surface area contributed by atoms with Gasteiger partial charge in [-0.3, -0.25) is 0 Å². The van der Waals surface area contributed by atoms with E-state index >= 15 is 0 Å². The van der Waals surface area contributed by atoms with Crippen molar-refractivity contribution >= 4 is 45.5 Å². The Balaban J connectivity index is 0. The van der Waals surface area contributed by atoms with E-state index in [1.165, 1.54) is 0 Å². The fraction of sp³-hybridized carbons (Fsp3) is 0. The van der Waals surface area contributed by atoms with Gasteiger partial charge < -0.3 is 16.4 Å². The zero-order valence-corrected chi connectivity index (χ0v) is 6.32. The molecule has 6 heteroatoms. The third kappa shape index (κ3) is 30.4. The molecule has 0 aliphatic heterocycles. The molecule has 0 fully saturated rings. The topological polar surface area (TPSA) is 94.5 Å². The van der Waals surface area contributed by atoms with E-state index in [1.807, 2.05) is 0 Å². The average Bonchev–Trinajstić information content (AvgIpc) is 0. The molecule has 0 aromatic carbocycles. The fourth-order valence-electron chi connectivity index (χ4n) is 0. The summed E-state index contributed by atoms with van der Waals surface area (Å²) in [6, 6.07) is 0. The zero-order chi connectivity index (χ0) is 0. The van der Waals surface area contributed by atoms with Crippen molar-refractivity contribution in [2.75, 3.05) is 0 Å². The van der Waals surface area contributed by atoms with Gasteiger partial charge in [0.05, 0.1) is 0 Å². The Hall–Kier alpha value is 2.63. The van der Waals surface area contributed by atoms with Crippen molar-refractivity contribution in [3.8, 4) is 0 Å². The first-order valence-corrected chi connectivity index (χ1v) is 0. The maximum absolute atomic E-state index is 0. The van der Waals surface area contributed by atoms with Gasteiger partial charge in [-0.2, -0.15) is 0 Å². The van der Waals surface area contributed by atoms with Gasteiger partial charge in [-0.05, 0) is 0 Å². The molecule has 6 N–H and O–H groups in total. The molecule has 0 rings (SSSR count). The van der Waals surface area contributed by atoms with Gasteiger partial charge in [0.2, 0.25) is 0 Å². The first kappa shape index (κ1) is 72.5. The normalized spacial score (nSPS) is 0. The summed E-state index contributed by atoms with van der Waals surface area (Å²) in [7, 11) is 0. The van der Waals surface area contributed by atoms with Crippen molar-refractivity contribution in [2.45, 2.75) is 0 Å². The number of hydrogen-bond donors (Lipinski definition) is 0. The first-order valence-electron chi connectivity index (χ1n) is 0. The molecule has 0 bridgehead atoms. The summed E-state index contributed by atoms with van der Waals surface area (Å²) in [6.07, 6.45) is 0. The molecule has 3 nitrogen and oxygen atoms in total. The maximum atomic E-state index is 0. The molecular formula is H8IrO3RuSr. The summed E-state index contributed by atoms with van der Waals surface area (Å²) in [5.41, 5.74) is 0. The Kier molecular flexibility index (Phi) is 586. The van der Waals surface area contributed by atoms with Crippen LogP contribution in [0, 0.1) is 0 Å². The van der Waals surface area contributed by atoms with Gasteiger partial charge in [-0.15, -0.1) is 0 Å². The van der Waals surface area contributed by atoms with Gasteiger partial charge in [-0.25, -0.2) is 0 Å². The molecule has 0 aliphatic carbocycles. The molecule has 0 atom stereocenters. The summed E-state index contributed by atoms with van der Waals surface area (Å²) in [5.74, 6) is 0.